The second kappa shape index (κ2) is 4.36. The van der Waals surface area contributed by atoms with Crippen LogP contribution in [0.4, 0.5) is 0 Å². The summed E-state index contributed by atoms with van der Waals surface area (Å²) in [5.74, 6) is 0.597. The summed E-state index contributed by atoms with van der Waals surface area (Å²) < 4.78 is 0. The van der Waals surface area contributed by atoms with E-state index in [1.807, 2.05) is 6.92 Å². The van der Waals surface area contributed by atoms with Gasteiger partial charge in [0.15, 0.2) is 0 Å². The highest BCUT2D eigenvalue weighted by Gasteiger charge is 2.17. The Hall–Kier alpha value is -0.700. The number of nitrogens with zero attached hydrogens (tertiary/aromatic N) is 1. The zero-order valence-corrected chi connectivity index (χ0v) is 7.51. The molecule has 1 heterocycles. The SMILES string of the molecule is CCC(=O)CN1CCC(=O)CC1. The Morgan fingerprint density at radius 2 is 2.00 bits per heavy atom. The van der Waals surface area contributed by atoms with Crippen molar-refractivity contribution >= 4 is 11.6 Å². The molecule has 0 amide bonds. The van der Waals surface area contributed by atoms with E-state index in [0.29, 0.717) is 31.6 Å². The Bertz CT molecular complexity index is 179. The maximum atomic E-state index is 11.0. The summed E-state index contributed by atoms with van der Waals surface area (Å²) in [6, 6.07) is 0. The van der Waals surface area contributed by atoms with Gasteiger partial charge in [-0.2, -0.15) is 0 Å². The van der Waals surface area contributed by atoms with Crippen LogP contribution in [0.1, 0.15) is 26.2 Å². The summed E-state index contributed by atoms with van der Waals surface area (Å²) in [7, 11) is 0. The van der Waals surface area contributed by atoms with E-state index in [0.717, 1.165) is 13.1 Å². The molecular weight excluding hydrogens is 154 g/mol. The fourth-order valence-electron chi connectivity index (χ4n) is 1.32. The Balaban J connectivity index is 2.26. The lowest BCUT2D eigenvalue weighted by Crippen LogP contribution is -2.37. The molecule has 1 saturated heterocycles. The van der Waals surface area contributed by atoms with Gasteiger partial charge in [-0.05, 0) is 0 Å². The highest BCUT2D eigenvalue weighted by Crippen LogP contribution is 2.05. The van der Waals surface area contributed by atoms with Crippen molar-refractivity contribution in [3.05, 3.63) is 0 Å². The van der Waals surface area contributed by atoms with E-state index in [2.05, 4.69) is 4.90 Å². The lowest BCUT2D eigenvalue weighted by Gasteiger charge is -2.24. The Kier molecular flexibility index (Phi) is 3.41. The molecule has 0 aliphatic carbocycles. The highest BCUT2D eigenvalue weighted by molar-refractivity contribution is 5.81. The van der Waals surface area contributed by atoms with E-state index in [1.54, 1.807) is 0 Å². The van der Waals surface area contributed by atoms with Gasteiger partial charge in [0.05, 0.1) is 6.54 Å². The number of Topliss-reactive ketones (excluding diaryl/α,β-unsaturated/α-hetero) is 2. The molecule has 0 spiro atoms. The smallest absolute Gasteiger partial charge is 0.146 e. The molecule has 1 rings (SSSR count). The van der Waals surface area contributed by atoms with Crippen LogP contribution in [-0.2, 0) is 9.59 Å². The first-order chi connectivity index (χ1) is 5.72. The molecule has 68 valence electrons. The van der Waals surface area contributed by atoms with Gasteiger partial charge in [-0.1, -0.05) is 6.92 Å². The largest absolute Gasteiger partial charge is 0.300 e. The molecule has 3 nitrogen and oxygen atoms in total. The highest BCUT2D eigenvalue weighted by atomic mass is 16.1. The van der Waals surface area contributed by atoms with E-state index >= 15 is 0 Å². The first-order valence-corrected chi connectivity index (χ1v) is 4.48. The first kappa shape index (κ1) is 9.39. The predicted octanol–water partition coefficient (Wildman–Crippen LogP) is 0.630. The zero-order valence-electron chi connectivity index (χ0n) is 7.51. The molecule has 1 aliphatic rings. The maximum Gasteiger partial charge on any atom is 0.146 e. The normalized spacial score (nSPS) is 19.6. The van der Waals surface area contributed by atoms with Crippen molar-refractivity contribution in [1.29, 1.82) is 0 Å². The molecule has 0 saturated carbocycles. The second-order valence-electron chi connectivity index (χ2n) is 3.21. The zero-order chi connectivity index (χ0) is 8.97. The number of piperidine rings is 1. The maximum absolute atomic E-state index is 11.0. The fourth-order valence-corrected chi connectivity index (χ4v) is 1.32. The third-order valence-corrected chi connectivity index (χ3v) is 2.21. The molecule has 0 aromatic rings. The van der Waals surface area contributed by atoms with Crippen LogP contribution >= 0.6 is 0 Å². The standard InChI is InChI=1S/C9H15NO2/c1-2-8(11)7-10-5-3-9(12)4-6-10/h2-7H2,1H3. The number of ketones is 2. The van der Waals surface area contributed by atoms with Gasteiger partial charge in [0, 0.05) is 32.4 Å². The number of likely N-dealkylation sites (tertiary alicyclic amines) is 1. The minimum atomic E-state index is 0.268. The van der Waals surface area contributed by atoms with Gasteiger partial charge < -0.3 is 0 Å². The van der Waals surface area contributed by atoms with Crippen LogP contribution in [0.2, 0.25) is 0 Å². The van der Waals surface area contributed by atoms with Crippen LogP contribution < -0.4 is 0 Å². The van der Waals surface area contributed by atoms with Crippen molar-refractivity contribution in [2.75, 3.05) is 19.6 Å². The summed E-state index contributed by atoms with van der Waals surface area (Å²) in [6.45, 7) is 3.94. The Labute approximate surface area is 72.7 Å². The fraction of sp³-hybridized carbons (Fsp3) is 0.778. The lowest BCUT2D eigenvalue weighted by molar-refractivity contribution is -0.125. The topological polar surface area (TPSA) is 37.4 Å². The van der Waals surface area contributed by atoms with E-state index in [-0.39, 0.29) is 5.78 Å². The van der Waals surface area contributed by atoms with Gasteiger partial charge in [0.1, 0.15) is 11.6 Å². The van der Waals surface area contributed by atoms with Gasteiger partial charge in [-0.3, -0.25) is 14.5 Å². The molecule has 0 aromatic carbocycles. The average Bonchev–Trinajstić information content (AvgIpc) is 2.09. The van der Waals surface area contributed by atoms with Crippen LogP contribution in [-0.4, -0.2) is 36.1 Å². The molecule has 0 N–H and O–H groups in total. The Morgan fingerprint density at radius 1 is 1.42 bits per heavy atom. The monoisotopic (exact) mass is 169 g/mol. The number of rotatable bonds is 3. The lowest BCUT2D eigenvalue weighted by atomic mass is 10.1. The Morgan fingerprint density at radius 3 is 2.50 bits per heavy atom. The van der Waals surface area contributed by atoms with E-state index in [9.17, 15) is 9.59 Å². The van der Waals surface area contributed by atoms with Crippen LogP contribution in [0.3, 0.4) is 0 Å². The molecule has 1 aliphatic heterocycles. The van der Waals surface area contributed by atoms with Gasteiger partial charge in [-0.25, -0.2) is 0 Å². The number of hydrogen-bond donors (Lipinski definition) is 0. The van der Waals surface area contributed by atoms with Crippen LogP contribution in [0.15, 0.2) is 0 Å². The van der Waals surface area contributed by atoms with Crippen LogP contribution in [0.25, 0.3) is 0 Å². The third kappa shape index (κ3) is 2.74. The molecule has 0 unspecified atom stereocenters. The average molecular weight is 169 g/mol. The molecular formula is C9H15NO2. The molecule has 0 radical (unpaired) electrons. The minimum Gasteiger partial charge on any atom is -0.300 e. The van der Waals surface area contributed by atoms with Crippen molar-refractivity contribution in [2.45, 2.75) is 26.2 Å². The summed E-state index contributed by atoms with van der Waals surface area (Å²) in [5, 5.41) is 0. The van der Waals surface area contributed by atoms with Crippen molar-refractivity contribution in [2.24, 2.45) is 0 Å². The summed E-state index contributed by atoms with van der Waals surface area (Å²) in [5.41, 5.74) is 0. The van der Waals surface area contributed by atoms with Gasteiger partial charge in [-0.15, -0.1) is 0 Å². The summed E-state index contributed by atoms with van der Waals surface area (Å²) >= 11 is 0. The first-order valence-electron chi connectivity index (χ1n) is 4.48. The van der Waals surface area contributed by atoms with E-state index < -0.39 is 0 Å². The minimum absolute atomic E-state index is 0.268. The third-order valence-electron chi connectivity index (χ3n) is 2.21. The van der Waals surface area contributed by atoms with E-state index in [1.165, 1.54) is 0 Å². The van der Waals surface area contributed by atoms with E-state index in [4.69, 9.17) is 0 Å². The number of carbonyl (C=O) groups excluding carboxylic acids is 2. The molecule has 3 heteroatoms. The molecule has 1 fully saturated rings. The van der Waals surface area contributed by atoms with Gasteiger partial charge in [0.25, 0.3) is 0 Å². The number of carbonyl (C=O) groups is 2. The van der Waals surface area contributed by atoms with Gasteiger partial charge in [0.2, 0.25) is 0 Å². The molecule has 0 bridgehead atoms. The molecule has 0 atom stereocenters. The van der Waals surface area contributed by atoms with Crippen molar-refractivity contribution in [3.8, 4) is 0 Å². The summed E-state index contributed by atoms with van der Waals surface area (Å²) in [6.07, 6.45) is 1.85. The molecule has 12 heavy (non-hydrogen) atoms. The second-order valence-corrected chi connectivity index (χ2v) is 3.21. The van der Waals surface area contributed by atoms with Crippen LogP contribution in [0.5, 0.6) is 0 Å². The van der Waals surface area contributed by atoms with Crippen molar-refractivity contribution in [3.63, 3.8) is 0 Å². The molecule has 0 aromatic heterocycles. The van der Waals surface area contributed by atoms with Crippen molar-refractivity contribution < 1.29 is 9.59 Å². The van der Waals surface area contributed by atoms with Crippen molar-refractivity contribution in [1.82, 2.24) is 4.90 Å². The summed E-state index contributed by atoms with van der Waals surface area (Å²) in [4.78, 5) is 24.0. The number of hydrogen-bond acceptors (Lipinski definition) is 3. The predicted molar refractivity (Wildman–Crippen MR) is 46.0 cm³/mol. The van der Waals surface area contributed by atoms with Crippen LogP contribution in [0, 0.1) is 0 Å². The van der Waals surface area contributed by atoms with Gasteiger partial charge >= 0.3 is 0 Å². The quantitative estimate of drug-likeness (QED) is 0.622.